The van der Waals surface area contributed by atoms with E-state index in [1.54, 1.807) is 24.5 Å². The molecule has 4 heteroatoms. The number of rotatable bonds is 4. The van der Waals surface area contributed by atoms with E-state index in [0.717, 1.165) is 12.4 Å². The third-order valence-corrected chi connectivity index (χ3v) is 3.00. The second kappa shape index (κ2) is 5.49. The average Bonchev–Trinajstić information content (AvgIpc) is 2.41. The Labute approximate surface area is 107 Å². The van der Waals surface area contributed by atoms with Crippen LogP contribution in [-0.2, 0) is 6.42 Å². The van der Waals surface area contributed by atoms with Gasteiger partial charge in [0.1, 0.15) is 5.75 Å². The Hall–Kier alpha value is -2.10. The first-order valence-corrected chi connectivity index (χ1v) is 5.94. The number of hydrogen-bond acceptors (Lipinski definition) is 4. The molecule has 0 unspecified atom stereocenters. The summed E-state index contributed by atoms with van der Waals surface area (Å²) in [6.07, 6.45) is 4.37. The molecule has 0 saturated carbocycles. The first-order valence-electron chi connectivity index (χ1n) is 5.94. The van der Waals surface area contributed by atoms with E-state index in [1.807, 2.05) is 30.1 Å². The van der Waals surface area contributed by atoms with Crippen molar-refractivity contribution >= 4 is 5.95 Å². The fraction of sp³-hybridized carbons (Fsp3) is 0.286. The zero-order chi connectivity index (χ0) is 13.0. The Morgan fingerprint density at radius 1 is 1.17 bits per heavy atom. The summed E-state index contributed by atoms with van der Waals surface area (Å²) in [4.78, 5) is 10.5. The van der Waals surface area contributed by atoms with Crippen molar-refractivity contribution in [1.82, 2.24) is 9.97 Å². The predicted octanol–water partition coefficient (Wildman–Crippen LogP) is 2.25. The SMILES string of the molecule is C[C@H](Cc1ccc(O)cc1)N(C)c1ncccn1. The molecule has 0 saturated heterocycles. The third kappa shape index (κ3) is 2.97. The highest BCUT2D eigenvalue weighted by Gasteiger charge is 2.12. The Bertz CT molecular complexity index is 484. The highest BCUT2D eigenvalue weighted by molar-refractivity contribution is 5.31. The maximum Gasteiger partial charge on any atom is 0.225 e. The number of phenols is 1. The molecular formula is C14H17N3O. The molecule has 0 radical (unpaired) electrons. The van der Waals surface area contributed by atoms with Crippen molar-refractivity contribution in [2.24, 2.45) is 0 Å². The maximum atomic E-state index is 9.25. The van der Waals surface area contributed by atoms with Gasteiger partial charge in [0.15, 0.2) is 0 Å². The number of hydrogen-bond donors (Lipinski definition) is 1. The Morgan fingerprint density at radius 3 is 2.39 bits per heavy atom. The first kappa shape index (κ1) is 12.4. The zero-order valence-corrected chi connectivity index (χ0v) is 10.6. The molecule has 0 amide bonds. The molecule has 0 bridgehead atoms. The summed E-state index contributed by atoms with van der Waals surface area (Å²) in [5.41, 5.74) is 1.18. The van der Waals surface area contributed by atoms with Crippen LogP contribution in [0.1, 0.15) is 12.5 Å². The second-order valence-corrected chi connectivity index (χ2v) is 4.38. The minimum Gasteiger partial charge on any atom is -0.508 e. The zero-order valence-electron chi connectivity index (χ0n) is 10.6. The van der Waals surface area contributed by atoms with Gasteiger partial charge in [-0.25, -0.2) is 9.97 Å². The second-order valence-electron chi connectivity index (χ2n) is 4.38. The van der Waals surface area contributed by atoms with Crippen LogP contribution in [0.25, 0.3) is 0 Å². The smallest absolute Gasteiger partial charge is 0.225 e. The molecule has 1 aromatic carbocycles. The summed E-state index contributed by atoms with van der Waals surface area (Å²) < 4.78 is 0. The van der Waals surface area contributed by atoms with Gasteiger partial charge in [0.2, 0.25) is 5.95 Å². The topological polar surface area (TPSA) is 49.2 Å². The van der Waals surface area contributed by atoms with Crippen molar-refractivity contribution in [3.05, 3.63) is 48.3 Å². The average molecular weight is 243 g/mol. The summed E-state index contributed by atoms with van der Waals surface area (Å²) in [5.74, 6) is 1.02. The molecule has 0 aliphatic rings. The van der Waals surface area contributed by atoms with E-state index in [9.17, 15) is 5.11 Å². The molecule has 1 atom stereocenters. The third-order valence-electron chi connectivity index (χ3n) is 3.00. The van der Waals surface area contributed by atoms with Crippen LogP contribution in [-0.4, -0.2) is 28.2 Å². The van der Waals surface area contributed by atoms with Gasteiger partial charge in [0.05, 0.1) is 0 Å². The Kier molecular flexibility index (Phi) is 3.77. The van der Waals surface area contributed by atoms with Gasteiger partial charge in [0.25, 0.3) is 0 Å². The van der Waals surface area contributed by atoms with Gasteiger partial charge in [-0.05, 0) is 37.1 Å². The number of phenolic OH excluding ortho intramolecular Hbond substituents is 1. The minimum absolute atomic E-state index is 0.289. The van der Waals surface area contributed by atoms with E-state index < -0.39 is 0 Å². The summed E-state index contributed by atoms with van der Waals surface area (Å²) in [6.45, 7) is 2.13. The van der Waals surface area contributed by atoms with Gasteiger partial charge in [-0.15, -0.1) is 0 Å². The molecule has 94 valence electrons. The molecule has 0 aliphatic carbocycles. The number of anilines is 1. The van der Waals surface area contributed by atoms with Crippen molar-refractivity contribution < 1.29 is 5.11 Å². The van der Waals surface area contributed by atoms with E-state index in [0.29, 0.717) is 5.75 Å². The van der Waals surface area contributed by atoms with Gasteiger partial charge >= 0.3 is 0 Å². The fourth-order valence-corrected chi connectivity index (χ4v) is 1.78. The van der Waals surface area contributed by atoms with Crippen LogP contribution in [0, 0.1) is 0 Å². The highest BCUT2D eigenvalue weighted by atomic mass is 16.3. The number of aromatic nitrogens is 2. The van der Waals surface area contributed by atoms with Crippen molar-refractivity contribution in [1.29, 1.82) is 0 Å². The van der Waals surface area contributed by atoms with Crippen molar-refractivity contribution in [2.75, 3.05) is 11.9 Å². The van der Waals surface area contributed by atoms with Crippen LogP contribution in [0.15, 0.2) is 42.7 Å². The van der Waals surface area contributed by atoms with Gasteiger partial charge in [-0.3, -0.25) is 0 Å². The fourth-order valence-electron chi connectivity index (χ4n) is 1.78. The molecule has 0 aliphatic heterocycles. The molecule has 1 N–H and O–H groups in total. The summed E-state index contributed by atoms with van der Waals surface area (Å²) in [5, 5.41) is 9.25. The first-order chi connectivity index (χ1) is 8.66. The largest absolute Gasteiger partial charge is 0.508 e. The molecule has 1 heterocycles. The number of likely N-dealkylation sites (N-methyl/N-ethyl adjacent to an activating group) is 1. The van der Waals surface area contributed by atoms with Gasteiger partial charge in [-0.1, -0.05) is 12.1 Å². The Balaban J connectivity index is 2.03. The lowest BCUT2D eigenvalue weighted by Gasteiger charge is -2.24. The molecule has 18 heavy (non-hydrogen) atoms. The quantitative estimate of drug-likeness (QED) is 0.894. The number of nitrogens with zero attached hydrogens (tertiary/aromatic N) is 3. The number of aromatic hydroxyl groups is 1. The molecule has 0 fully saturated rings. The normalized spacial score (nSPS) is 12.1. The molecule has 4 nitrogen and oxygen atoms in total. The van der Waals surface area contributed by atoms with Gasteiger partial charge in [-0.2, -0.15) is 0 Å². The lowest BCUT2D eigenvalue weighted by molar-refractivity contribution is 0.475. The van der Waals surface area contributed by atoms with E-state index in [1.165, 1.54) is 5.56 Å². The van der Waals surface area contributed by atoms with E-state index in [2.05, 4.69) is 16.9 Å². The van der Waals surface area contributed by atoms with Crippen LogP contribution in [0.5, 0.6) is 5.75 Å². The minimum atomic E-state index is 0.289. The van der Waals surface area contributed by atoms with Crippen LogP contribution >= 0.6 is 0 Å². The summed E-state index contributed by atoms with van der Waals surface area (Å²) in [7, 11) is 1.99. The van der Waals surface area contributed by atoms with Gasteiger partial charge < -0.3 is 10.0 Å². The molecular weight excluding hydrogens is 226 g/mol. The van der Waals surface area contributed by atoms with E-state index >= 15 is 0 Å². The molecule has 2 aromatic rings. The lowest BCUT2D eigenvalue weighted by atomic mass is 10.1. The summed E-state index contributed by atoms with van der Waals surface area (Å²) in [6, 6.07) is 9.39. The standard InChI is InChI=1S/C14H17N3O/c1-11(10-12-4-6-13(18)7-5-12)17(2)14-15-8-3-9-16-14/h3-9,11,18H,10H2,1-2H3/t11-/m1/s1. The lowest BCUT2D eigenvalue weighted by Crippen LogP contribution is -2.32. The number of benzene rings is 1. The van der Waals surface area contributed by atoms with E-state index in [4.69, 9.17) is 0 Å². The van der Waals surface area contributed by atoms with E-state index in [-0.39, 0.29) is 6.04 Å². The molecule has 1 aromatic heterocycles. The van der Waals surface area contributed by atoms with Crippen LogP contribution in [0.4, 0.5) is 5.95 Å². The monoisotopic (exact) mass is 243 g/mol. The predicted molar refractivity (Wildman–Crippen MR) is 71.7 cm³/mol. The summed E-state index contributed by atoms with van der Waals surface area (Å²) >= 11 is 0. The van der Waals surface area contributed by atoms with Gasteiger partial charge in [0, 0.05) is 25.5 Å². The van der Waals surface area contributed by atoms with Crippen molar-refractivity contribution in [3.8, 4) is 5.75 Å². The Morgan fingerprint density at radius 2 is 1.78 bits per heavy atom. The molecule has 0 spiro atoms. The van der Waals surface area contributed by atoms with Crippen molar-refractivity contribution in [3.63, 3.8) is 0 Å². The van der Waals surface area contributed by atoms with Crippen LogP contribution < -0.4 is 4.90 Å². The van der Waals surface area contributed by atoms with Crippen LogP contribution in [0.3, 0.4) is 0 Å². The maximum absolute atomic E-state index is 9.25. The van der Waals surface area contributed by atoms with Crippen LogP contribution in [0.2, 0.25) is 0 Å². The molecule has 2 rings (SSSR count). The highest BCUT2D eigenvalue weighted by Crippen LogP contribution is 2.15. The van der Waals surface area contributed by atoms with Crippen molar-refractivity contribution in [2.45, 2.75) is 19.4 Å².